The molecule has 10 heteroatoms. The molecule has 0 N–H and O–H groups in total. The quantitative estimate of drug-likeness (QED) is 0.388. The van der Waals surface area contributed by atoms with E-state index < -0.39 is 24.5 Å². The normalized spacial score (nSPS) is 13.4. The molecule has 0 unspecified atom stereocenters. The van der Waals surface area contributed by atoms with Crippen LogP contribution in [0.5, 0.6) is 17.2 Å². The van der Waals surface area contributed by atoms with Crippen LogP contribution in [0.15, 0.2) is 64.9 Å². The highest BCUT2D eigenvalue weighted by Crippen LogP contribution is 2.36. The van der Waals surface area contributed by atoms with Gasteiger partial charge < -0.3 is 13.9 Å². The Hall–Kier alpha value is -2.30. The molecule has 0 heterocycles. The summed E-state index contributed by atoms with van der Waals surface area (Å²) in [7, 11) is -5.62. The minimum Gasteiger partial charge on any atom is -0.457 e. The SMILES string of the molecule is CC(C)(C)[Si](C)(C)OC/C=C/S(=O)(=O)c1ccc(Oc2ccc(OC(F)(F)F)cc2)cc1. The summed E-state index contributed by atoms with van der Waals surface area (Å²) in [5.41, 5.74) is 0. The largest absolute Gasteiger partial charge is 0.573 e. The van der Waals surface area contributed by atoms with Crippen LogP contribution in [0.25, 0.3) is 0 Å². The van der Waals surface area contributed by atoms with E-state index in [0.717, 1.165) is 17.5 Å². The van der Waals surface area contributed by atoms with E-state index in [1.807, 2.05) is 0 Å². The van der Waals surface area contributed by atoms with Crippen LogP contribution in [0, 0.1) is 0 Å². The van der Waals surface area contributed by atoms with E-state index in [1.165, 1.54) is 42.5 Å². The first-order valence-corrected chi connectivity index (χ1v) is 14.2. The fourth-order valence-electron chi connectivity index (χ4n) is 2.26. The third-order valence-corrected chi connectivity index (χ3v) is 11.0. The van der Waals surface area contributed by atoms with Crippen LogP contribution in [0.3, 0.4) is 0 Å². The lowest BCUT2D eigenvalue weighted by Crippen LogP contribution is -2.40. The van der Waals surface area contributed by atoms with Gasteiger partial charge in [-0.1, -0.05) is 20.8 Å². The monoisotopic (exact) mass is 488 g/mol. The van der Waals surface area contributed by atoms with Crippen molar-refractivity contribution in [3.8, 4) is 17.2 Å². The lowest BCUT2D eigenvalue weighted by molar-refractivity contribution is -0.274. The summed E-state index contributed by atoms with van der Waals surface area (Å²) in [5, 5.41) is 1.15. The molecule has 0 atom stereocenters. The van der Waals surface area contributed by atoms with Crippen LogP contribution < -0.4 is 9.47 Å². The van der Waals surface area contributed by atoms with E-state index in [2.05, 4.69) is 38.6 Å². The van der Waals surface area contributed by atoms with Crippen LogP contribution in [0.2, 0.25) is 18.1 Å². The Morgan fingerprint density at radius 3 is 1.81 bits per heavy atom. The Morgan fingerprint density at radius 2 is 1.34 bits per heavy atom. The first-order chi connectivity index (χ1) is 14.6. The van der Waals surface area contributed by atoms with Gasteiger partial charge in [0.1, 0.15) is 17.2 Å². The molecule has 176 valence electrons. The van der Waals surface area contributed by atoms with Crippen molar-refractivity contribution < 1.29 is 35.5 Å². The maximum atomic E-state index is 12.5. The van der Waals surface area contributed by atoms with Gasteiger partial charge in [-0.25, -0.2) is 8.42 Å². The number of alkyl halides is 3. The summed E-state index contributed by atoms with van der Waals surface area (Å²) in [6.07, 6.45) is -3.28. The Morgan fingerprint density at radius 1 is 0.875 bits per heavy atom. The minimum atomic E-state index is -4.77. The van der Waals surface area contributed by atoms with Gasteiger partial charge in [-0.15, -0.1) is 13.2 Å². The van der Waals surface area contributed by atoms with Gasteiger partial charge in [0.15, 0.2) is 18.2 Å². The molecule has 0 aliphatic heterocycles. The molecule has 0 aliphatic rings. The van der Waals surface area contributed by atoms with Crippen LogP contribution in [0.1, 0.15) is 20.8 Å². The van der Waals surface area contributed by atoms with Gasteiger partial charge in [-0.3, -0.25) is 0 Å². The maximum Gasteiger partial charge on any atom is 0.573 e. The molecule has 0 aliphatic carbocycles. The predicted molar refractivity (Wildman–Crippen MR) is 119 cm³/mol. The molecule has 32 heavy (non-hydrogen) atoms. The molecular weight excluding hydrogens is 461 g/mol. The molecule has 0 spiro atoms. The Labute approximate surface area is 187 Å². The standard InChI is InChI=1S/C22H27F3O5SSi/c1-21(2,3)32(4,5)28-15-6-16-31(26,27)20-13-11-18(12-14-20)29-17-7-9-19(10-8-17)30-22(23,24)25/h6-14,16H,15H2,1-5H3/b16-6+. The third kappa shape index (κ3) is 7.68. The van der Waals surface area contributed by atoms with Crippen molar-refractivity contribution in [3.05, 3.63) is 60.0 Å². The van der Waals surface area contributed by atoms with Gasteiger partial charge in [-0.05, 0) is 72.7 Å². The lowest BCUT2D eigenvalue weighted by Gasteiger charge is -2.35. The average molecular weight is 489 g/mol. The van der Waals surface area contributed by atoms with Crippen molar-refractivity contribution in [2.24, 2.45) is 0 Å². The molecule has 0 bridgehead atoms. The molecule has 2 aromatic carbocycles. The zero-order valence-corrected chi connectivity index (χ0v) is 20.4. The Bertz CT molecular complexity index is 1020. The van der Waals surface area contributed by atoms with Crippen molar-refractivity contribution in [2.45, 2.75) is 50.2 Å². The zero-order chi connectivity index (χ0) is 24.2. The maximum absolute atomic E-state index is 12.5. The van der Waals surface area contributed by atoms with Gasteiger partial charge in [-0.2, -0.15) is 0 Å². The van der Waals surface area contributed by atoms with Crippen molar-refractivity contribution in [1.82, 2.24) is 0 Å². The van der Waals surface area contributed by atoms with Crippen molar-refractivity contribution in [3.63, 3.8) is 0 Å². The smallest absolute Gasteiger partial charge is 0.457 e. The first kappa shape index (κ1) is 26.0. The van der Waals surface area contributed by atoms with E-state index in [9.17, 15) is 21.6 Å². The molecule has 0 amide bonds. The van der Waals surface area contributed by atoms with Crippen LogP contribution >= 0.6 is 0 Å². The molecule has 0 fully saturated rings. The predicted octanol–water partition coefficient (Wildman–Crippen LogP) is 6.69. The number of ether oxygens (including phenoxy) is 2. The second kappa shape index (κ2) is 9.68. The Kier molecular flexibility index (Phi) is 7.85. The summed E-state index contributed by atoms with van der Waals surface area (Å²) in [4.78, 5) is 0.0855. The van der Waals surface area contributed by atoms with Crippen molar-refractivity contribution in [1.29, 1.82) is 0 Å². The topological polar surface area (TPSA) is 61.8 Å². The summed E-state index contributed by atoms with van der Waals surface area (Å²) >= 11 is 0. The first-order valence-electron chi connectivity index (χ1n) is 9.78. The fourth-order valence-corrected chi connectivity index (χ4v) is 4.21. The van der Waals surface area contributed by atoms with Crippen molar-refractivity contribution >= 4 is 18.2 Å². The molecule has 0 saturated carbocycles. The molecule has 0 radical (unpaired) electrons. The van der Waals surface area contributed by atoms with Gasteiger partial charge in [0.05, 0.1) is 11.5 Å². The summed E-state index contributed by atoms with van der Waals surface area (Å²) in [6.45, 7) is 10.7. The lowest BCUT2D eigenvalue weighted by atomic mass is 10.2. The third-order valence-electron chi connectivity index (χ3n) is 5.07. The van der Waals surface area contributed by atoms with Gasteiger partial charge in [0.25, 0.3) is 0 Å². The average Bonchev–Trinajstić information content (AvgIpc) is 2.65. The second-order valence-electron chi connectivity index (χ2n) is 8.58. The zero-order valence-electron chi connectivity index (χ0n) is 18.6. The molecule has 2 rings (SSSR count). The van der Waals surface area contributed by atoms with Gasteiger partial charge in [0, 0.05) is 5.41 Å². The number of hydrogen-bond donors (Lipinski definition) is 0. The van der Waals surface area contributed by atoms with Crippen LogP contribution in [-0.2, 0) is 14.3 Å². The van der Waals surface area contributed by atoms with E-state index >= 15 is 0 Å². The summed E-state index contributed by atoms with van der Waals surface area (Å²) in [6, 6.07) is 10.6. The van der Waals surface area contributed by atoms with E-state index in [1.54, 1.807) is 0 Å². The minimum absolute atomic E-state index is 0.0290. The highest BCUT2D eigenvalue weighted by atomic mass is 32.2. The fraction of sp³-hybridized carbons (Fsp3) is 0.364. The summed E-state index contributed by atoms with van der Waals surface area (Å²) < 4.78 is 76.9. The number of rotatable bonds is 8. The van der Waals surface area contributed by atoms with E-state index in [4.69, 9.17) is 9.16 Å². The number of sulfone groups is 1. The van der Waals surface area contributed by atoms with Crippen LogP contribution in [0.4, 0.5) is 13.2 Å². The van der Waals surface area contributed by atoms with Crippen molar-refractivity contribution in [2.75, 3.05) is 6.61 Å². The summed E-state index contributed by atoms with van der Waals surface area (Å²) in [5.74, 6) is 0.243. The number of benzene rings is 2. The molecular formula is C22H27F3O5SSi. The number of halogens is 3. The van der Waals surface area contributed by atoms with Gasteiger partial charge in [0.2, 0.25) is 0 Å². The van der Waals surface area contributed by atoms with Gasteiger partial charge >= 0.3 is 6.36 Å². The molecule has 0 aromatic heterocycles. The van der Waals surface area contributed by atoms with E-state index in [0.29, 0.717) is 5.75 Å². The highest BCUT2D eigenvalue weighted by molar-refractivity contribution is 7.94. The molecule has 0 saturated heterocycles. The van der Waals surface area contributed by atoms with E-state index in [-0.39, 0.29) is 28.0 Å². The second-order valence-corrected chi connectivity index (χ2v) is 15.2. The number of hydrogen-bond acceptors (Lipinski definition) is 5. The Balaban J connectivity index is 1.99. The molecule has 2 aromatic rings. The van der Waals surface area contributed by atoms with Crippen LogP contribution in [-0.4, -0.2) is 29.7 Å². The molecule has 5 nitrogen and oxygen atoms in total. The highest BCUT2D eigenvalue weighted by Gasteiger charge is 2.36.